The van der Waals surface area contributed by atoms with Crippen molar-refractivity contribution in [2.75, 3.05) is 11.9 Å². The number of carbonyl (C=O) groups excluding carboxylic acids is 3. The Morgan fingerprint density at radius 3 is 2.30 bits per heavy atom. The normalized spacial score (nSPS) is 23.4. The molecule has 2 saturated carbocycles. The largest absolute Gasteiger partial charge is 0.349 e. The van der Waals surface area contributed by atoms with Gasteiger partial charge in [0, 0.05) is 25.0 Å². The average Bonchev–Trinajstić information content (AvgIpc) is 3.17. The van der Waals surface area contributed by atoms with Crippen LogP contribution < -0.4 is 10.6 Å². The molecule has 3 amide bonds. The number of carbonyl (C=O) groups is 3. The van der Waals surface area contributed by atoms with Gasteiger partial charge in [-0.05, 0) is 37.8 Å². The molecule has 6 heteroatoms. The summed E-state index contributed by atoms with van der Waals surface area (Å²) >= 11 is 0. The molecule has 0 bridgehead atoms. The molecule has 0 radical (unpaired) electrons. The first-order chi connectivity index (χ1) is 14.6. The second-order valence-corrected chi connectivity index (χ2v) is 9.08. The number of hydrogen-bond acceptors (Lipinski definition) is 3. The molecule has 3 fully saturated rings. The Balaban J connectivity index is 1.38. The minimum Gasteiger partial charge on any atom is -0.349 e. The fraction of sp³-hybridized carbons (Fsp3) is 0.625. The van der Waals surface area contributed by atoms with Crippen molar-refractivity contribution >= 4 is 23.4 Å². The molecule has 0 aromatic heterocycles. The van der Waals surface area contributed by atoms with Crippen LogP contribution in [0.2, 0.25) is 0 Å². The van der Waals surface area contributed by atoms with Crippen molar-refractivity contribution in [2.45, 2.75) is 82.7 Å². The lowest BCUT2D eigenvalue weighted by Gasteiger charge is -2.31. The van der Waals surface area contributed by atoms with Gasteiger partial charge in [0.05, 0.1) is 17.2 Å². The van der Waals surface area contributed by atoms with E-state index in [9.17, 15) is 14.4 Å². The Labute approximate surface area is 178 Å². The standard InChI is InChI=1S/C24H33N3O3/c28-22-15-17(16-27(22)19-11-5-2-6-12-19)23(29)26-21-14-8-7-13-20(21)24(30)25-18-9-3-1-4-10-18/h7-8,13-14,17-19H,1-6,9-12,15-16H2,(H,25,30)(H,26,29)/t17-/m0/s1. The van der Waals surface area contributed by atoms with Crippen molar-refractivity contribution in [3.63, 3.8) is 0 Å². The van der Waals surface area contributed by atoms with Crippen molar-refractivity contribution in [1.29, 1.82) is 0 Å². The van der Waals surface area contributed by atoms with E-state index in [4.69, 9.17) is 0 Å². The summed E-state index contributed by atoms with van der Waals surface area (Å²) in [5, 5.41) is 6.06. The Morgan fingerprint density at radius 2 is 1.57 bits per heavy atom. The summed E-state index contributed by atoms with van der Waals surface area (Å²) in [4.78, 5) is 40.2. The third-order valence-corrected chi connectivity index (χ3v) is 6.91. The summed E-state index contributed by atoms with van der Waals surface area (Å²) in [6, 6.07) is 7.66. The minimum absolute atomic E-state index is 0.0883. The van der Waals surface area contributed by atoms with Crippen LogP contribution in [0.5, 0.6) is 0 Å². The molecular weight excluding hydrogens is 378 g/mol. The van der Waals surface area contributed by atoms with Crippen molar-refractivity contribution < 1.29 is 14.4 Å². The van der Waals surface area contributed by atoms with E-state index in [1.54, 1.807) is 12.1 Å². The molecule has 30 heavy (non-hydrogen) atoms. The number of para-hydroxylation sites is 1. The lowest BCUT2D eigenvalue weighted by Crippen LogP contribution is -2.38. The number of anilines is 1. The number of benzene rings is 1. The van der Waals surface area contributed by atoms with E-state index in [-0.39, 0.29) is 42.1 Å². The smallest absolute Gasteiger partial charge is 0.253 e. The monoisotopic (exact) mass is 411 g/mol. The molecule has 2 aliphatic carbocycles. The highest BCUT2D eigenvalue weighted by Gasteiger charge is 2.38. The molecule has 6 nitrogen and oxygen atoms in total. The lowest BCUT2D eigenvalue weighted by atomic mass is 9.94. The van der Waals surface area contributed by atoms with Crippen LogP contribution >= 0.6 is 0 Å². The van der Waals surface area contributed by atoms with Gasteiger partial charge in [0.15, 0.2) is 0 Å². The molecule has 1 aromatic rings. The summed E-state index contributed by atoms with van der Waals surface area (Å²) in [6.07, 6.45) is 11.5. The first-order valence-electron chi connectivity index (χ1n) is 11.6. The molecule has 0 spiro atoms. The molecule has 1 atom stereocenters. The van der Waals surface area contributed by atoms with Gasteiger partial charge in [0.2, 0.25) is 11.8 Å². The number of nitrogens with one attached hydrogen (secondary N) is 2. The molecule has 1 aliphatic heterocycles. The van der Waals surface area contributed by atoms with Crippen molar-refractivity contribution in [3.05, 3.63) is 29.8 Å². The fourth-order valence-corrected chi connectivity index (χ4v) is 5.19. The summed E-state index contributed by atoms with van der Waals surface area (Å²) in [5.74, 6) is -0.567. The molecular formula is C24H33N3O3. The number of hydrogen-bond donors (Lipinski definition) is 2. The highest BCUT2D eigenvalue weighted by Crippen LogP contribution is 2.29. The SMILES string of the molecule is O=C(NC1CCCCC1)c1ccccc1NC(=O)[C@H]1CC(=O)N(C2CCCCC2)C1. The van der Waals surface area contributed by atoms with Crippen LogP contribution in [0.3, 0.4) is 0 Å². The highest BCUT2D eigenvalue weighted by atomic mass is 16.2. The van der Waals surface area contributed by atoms with Crippen LogP contribution in [0.4, 0.5) is 5.69 Å². The molecule has 4 rings (SSSR count). The topological polar surface area (TPSA) is 78.5 Å². The van der Waals surface area contributed by atoms with E-state index < -0.39 is 0 Å². The molecule has 3 aliphatic rings. The maximum Gasteiger partial charge on any atom is 0.253 e. The quantitative estimate of drug-likeness (QED) is 0.772. The molecule has 1 heterocycles. The minimum atomic E-state index is -0.353. The Kier molecular flexibility index (Phi) is 6.70. The van der Waals surface area contributed by atoms with E-state index in [0.717, 1.165) is 51.4 Å². The first kappa shape index (κ1) is 20.9. The zero-order chi connectivity index (χ0) is 20.9. The third-order valence-electron chi connectivity index (χ3n) is 6.91. The van der Waals surface area contributed by atoms with Gasteiger partial charge in [-0.2, -0.15) is 0 Å². The van der Waals surface area contributed by atoms with Crippen LogP contribution in [0, 0.1) is 5.92 Å². The number of likely N-dealkylation sites (tertiary alicyclic amines) is 1. The Morgan fingerprint density at radius 1 is 0.900 bits per heavy atom. The number of amides is 3. The second-order valence-electron chi connectivity index (χ2n) is 9.08. The Bertz CT molecular complexity index is 782. The number of nitrogens with zero attached hydrogens (tertiary/aromatic N) is 1. The summed E-state index contributed by atoms with van der Waals surface area (Å²) in [7, 11) is 0. The molecule has 0 unspecified atom stereocenters. The summed E-state index contributed by atoms with van der Waals surface area (Å²) in [5.41, 5.74) is 1.02. The lowest BCUT2D eigenvalue weighted by molar-refractivity contribution is -0.130. The van der Waals surface area contributed by atoms with Gasteiger partial charge in [0.1, 0.15) is 0 Å². The fourth-order valence-electron chi connectivity index (χ4n) is 5.19. The number of rotatable bonds is 5. The van der Waals surface area contributed by atoms with Gasteiger partial charge in [-0.1, -0.05) is 50.7 Å². The molecule has 162 valence electrons. The van der Waals surface area contributed by atoms with Crippen LogP contribution in [-0.2, 0) is 9.59 Å². The van der Waals surface area contributed by atoms with E-state index in [1.807, 2.05) is 17.0 Å². The summed E-state index contributed by atoms with van der Waals surface area (Å²) < 4.78 is 0. The van der Waals surface area contributed by atoms with Crippen LogP contribution in [0.25, 0.3) is 0 Å². The van der Waals surface area contributed by atoms with Crippen molar-refractivity contribution in [2.24, 2.45) is 5.92 Å². The molecule has 1 saturated heterocycles. The van der Waals surface area contributed by atoms with E-state index in [1.165, 1.54) is 12.8 Å². The Hall–Kier alpha value is -2.37. The predicted molar refractivity (Wildman–Crippen MR) is 116 cm³/mol. The third kappa shape index (κ3) is 4.85. The summed E-state index contributed by atoms with van der Waals surface area (Å²) in [6.45, 7) is 0.492. The van der Waals surface area contributed by atoms with Crippen molar-refractivity contribution in [1.82, 2.24) is 10.2 Å². The zero-order valence-corrected chi connectivity index (χ0v) is 17.7. The van der Waals surface area contributed by atoms with E-state index in [0.29, 0.717) is 17.8 Å². The van der Waals surface area contributed by atoms with Gasteiger partial charge in [-0.3, -0.25) is 14.4 Å². The van der Waals surface area contributed by atoms with Crippen molar-refractivity contribution in [3.8, 4) is 0 Å². The predicted octanol–water partition coefficient (Wildman–Crippen LogP) is 3.87. The van der Waals surface area contributed by atoms with E-state index >= 15 is 0 Å². The van der Waals surface area contributed by atoms with Crippen LogP contribution in [0.15, 0.2) is 24.3 Å². The molecule has 1 aromatic carbocycles. The maximum atomic E-state index is 12.9. The van der Waals surface area contributed by atoms with Crippen LogP contribution in [0.1, 0.15) is 81.0 Å². The zero-order valence-electron chi connectivity index (χ0n) is 17.7. The van der Waals surface area contributed by atoms with Crippen LogP contribution in [-0.4, -0.2) is 41.2 Å². The highest BCUT2D eigenvalue weighted by molar-refractivity contribution is 6.05. The molecule has 2 N–H and O–H groups in total. The van der Waals surface area contributed by atoms with Gasteiger partial charge in [-0.25, -0.2) is 0 Å². The maximum absolute atomic E-state index is 12.9. The second kappa shape index (κ2) is 9.63. The van der Waals surface area contributed by atoms with Gasteiger partial charge < -0.3 is 15.5 Å². The average molecular weight is 412 g/mol. The van der Waals surface area contributed by atoms with Gasteiger partial charge in [-0.15, -0.1) is 0 Å². The van der Waals surface area contributed by atoms with Gasteiger partial charge in [0.25, 0.3) is 5.91 Å². The van der Waals surface area contributed by atoms with E-state index in [2.05, 4.69) is 10.6 Å². The van der Waals surface area contributed by atoms with Gasteiger partial charge >= 0.3 is 0 Å². The first-order valence-corrected chi connectivity index (χ1v) is 11.6.